The van der Waals surface area contributed by atoms with Crippen molar-refractivity contribution in [2.75, 3.05) is 5.43 Å². The molecule has 15 heavy (non-hydrogen) atoms. The number of nitrogens with zero attached hydrogens (tertiary/aromatic N) is 1. The molecule has 1 aromatic rings. The van der Waals surface area contributed by atoms with Crippen LogP contribution in [0.3, 0.4) is 0 Å². The number of nitrogens with one attached hydrogen (secondary N) is 1. The largest absolute Gasteiger partial charge is 0.296 e. The Hall–Kier alpha value is -2.11. The van der Waals surface area contributed by atoms with Crippen molar-refractivity contribution < 1.29 is 18.4 Å². The first-order chi connectivity index (χ1) is 7.17. The lowest BCUT2D eigenvalue weighted by atomic mass is 10.3. The molecule has 1 aromatic carbocycles. The monoisotopic (exact) mass is 212 g/mol. The third kappa shape index (κ3) is 2.94. The van der Waals surface area contributed by atoms with Crippen LogP contribution in [-0.2, 0) is 9.59 Å². The smallest absolute Gasteiger partial charge is 0.173 e. The highest BCUT2D eigenvalue weighted by atomic mass is 19.1. The molecule has 0 amide bonds. The molecule has 1 rings (SSSR count). The first-order valence-corrected chi connectivity index (χ1v) is 3.86. The van der Waals surface area contributed by atoms with Gasteiger partial charge in [0.05, 0.1) is 5.69 Å². The highest BCUT2D eigenvalue weighted by molar-refractivity contribution is 6.53. The number of aldehydes is 2. The fraction of sp³-hybridized carbons (Fsp3) is 0. The number of anilines is 1. The molecule has 0 fully saturated rings. The molecule has 0 aliphatic carbocycles. The minimum Gasteiger partial charge on any atom is -0.296 e. The quantitative estimate of drug-likeness (QED) is 0.352. The molecule has 4 nitrogen and oxygen atoms in total. The summed E-state index contributed by atoms with van der Waals surface area (Å²) in [6.07, 6.45) is 0.420. The van der Waals surface area contributed by atoms with Crippen LogP contribution in [-0.4, -0.2) is 18.3 Å². The molecule has 0 saturated carbocycles. The Balaban J connectivity index is 2.85. The van der Waals surface area contributed by atoms with Crippen LogP contribution in [0.15, 0.2) is 23.3 Å². The van der Waals surface area contributed by atoms with E-state index in [1.54, 1.807) is 0 Å². The Labute approximate surface area is 83.6 Å². The van der Waals surface area contributed by atoms with Gasteiger partial charge in [-0.1, -0.05) is 0 Å². The third-order valence-corrected chi connectivity index (χ3v) is 1.48. The molecule has 0 aliphatic heterocycles. The summed E-state index contributed by atoms with van der Waals surface area (Å²) < 4.78 is 25.4. The van der Waals surface area contributed by atoms with Gasteiger partial charge in [-0.2, -0.15) is 5.10 Å². The van der Waals surface area contributed by atoms with Crippen LogP contribution in [0.4, 0.5) is 14.5 Å². The average Bonchev–Trinajstić information content (AvgIpc) is 2.22. The summed E-state index contributed by atoms with van der Waals surface area (Å²) in [6, 6.07) is 2.77. The summed E-state index contributed by atoms with van der Waals surface area (Å²) >= 11 is 0. The summed E-state index contributed by atoms with van der Waals surface area (Å²) in [7, 11) is 0. The number of halogens is 2. The van der Waals surface area contributed by atoms with Gasteiger partial charge in [-0.05, 0) is 12.1 Å². The highest BCUT2D eigenvalue weighted by Crippen LogP contribution is 2.14. The number of hydrazone groups is 1. The zero-order chi connectivity index (χ0) is 11.3. The lowest BCUT2D eigenvalue weighted by Gasteiger charge is -2.01. The van der Waals surface area contributed by atoms with Gasteiger partial charge in [-0.3, -0.25) is 15.0 Å². The van der Waals surface area contributed by atoms with Crippen molar-refractivity contribution >= 4 is 24.0 Å². The van der Waals surface area contributed by atoms with Gasteiger partial charge in [-0.25, -0.2) is 8.78 Å². The first-order valence-electron chi connectivity index (χ1n) is 3.86. The number of carbonyl (C=O) groups is 2. The molecule has 78 valence electrons. The van der Waals surface area contributed by atoms with E-state index < -0.39 is 17.3 Å². The second-order valence-electron chi connectivity index (χ2n) is 2.51. The molecule has 0 aliphatic rings. The Morgan fingerprint density at radius 1 is 1.27 bits per heavy atom. The van der Waals surface area contributed by atoms with E-state index in [0.29, 0.717) is 6.07 Å². The van der Waals surface area contributed by atoms with E-state index in [1.165, 1.54) is 0 Å². The molecule has 0 radical (unpaired) electrons. The molecule has 1 N–H and O–H groups in total. The van der Waals surface area contributed by atoms with Crippen molar-refractivity contribution in [2.45, 2.75) is 0 Å². The van der Waals surface area contributed by atoms with Crippen molar-refractivity contribution in [3.8, 4) is 0 Å². The maximum Gasteiger partial charge on any atom is 0.173 e. The van der Waals surface area contributed by atoms with Crippen LogP contribution >= 0.6 is 0 Å². The van der Waals surface area contributed by atoms with E-state index in [0.717, 1.165) is 12.1 Å². The molecular formula is C9H6F2N2O2. The molecule has 0 saturated heterocycles. The summed E-state index contributed by atoms with van der Waals surface area (Å²) in [5, 5.41) is 3.29. The van der Waals surface area contributed by atoms with E-state index >= 15 is 0 Å². The average molecular weight is 212 g/mol. The Kier molecular flexibility index (Phi) is 3.61. The number of rotatable bonds is 4. The van der Waals surface area contributed by atoms with Gasteiger partial charge in [0.2, 0.25) is 0 Å². The zero-order valence-corrected chi connectivity index (χ0v) is 7.41. The topological polar surface area (TPSA) is 58.5 Å². The Bertz CT molecular complexity index is 409. The maximum atomic E-state index is 13.0. The molecule has 0 heterocycles. The number of benzene rings is 1. The Morgan fingerprint density at radius 2 is 1.93 bits per heavy atom. The van der Waals surface area contributed by atoms with E-state index in [-0.39, 0.29) is 18.3 Å². The number of hydrogen-bond acceptors (Lipinski definition) is 4. The molecule has 0 bridgehead atoms. The van der Waals surface area contributed by atoms with Crippen molar-refractivity contribution in [3.63, 3.8) is 0 Å². The second-order valence-corrected chi connectivity index (χ2v) is 2.51. The second kappa shape index (κ2) is 4.94. The summed E-state index contributed by atoms with van der Waals surface area (Å²) in [5.41, 5.74) is 1.58. The fourth-order valence-corrected chi connectivity index (χ4v) is 0.785. The number of hydrogen-bond donors (Lipinski definition) is 1. The van der Waals surface area contributed by atoms with Crippen molar-refractivity contribution in [1.29, 1.82) is 0 Å². The van der Waals surface area contributed by atoms with Crippen LogP contribution < -0.4 is 5.43 Å². The van der Waals surface area contributed by atoms with Gasteiger partial charge in [-0.15, -0.1) is 0 Å². The molecule has 0 spiro atoms. The Morgan fingerprint density at radius 3 is 2.47 bits per heavy atom. The molecule has 0 unspecified atom stereocenters. The van der Waals surface area contributed by atoms with Gasteiger partial charge in [0.15, 0.2) is 24.1 Å². The zero-order valence-electron chi connectivity index (χ0n) is 7.41. The lowest BCUT2D eigenvalue weighted by Crippen LogP contribution is -2.05. The molecular weight excluding hydrogens is 206 g/mol. The first kappa shape index (κ1) is 11.0. The van der Waals surface area contributed by atoms with E-state index in [9.17, 15) is 18.4 Å². The van der Waals surface area contributed by atoms with Gasteiger partial charge in [0, 0.05) is 6.07 Å². The SMILES string of the molecule is O=CC(C=O)=NNc1ccc(F)cc1F. The lowest BCUT2D eigenvalue weighted by molar-refractivity contribution is -0.106. The van der Waals surface area contributed by atoms with Crippen LogP contribution in [0.1, 0.15) is 0 Å². The number of carbonyl (C=O) groups excluding carboxylic acids is 2. The summed E-state index contributed by atoms with van der Waals surface area (Å²) in [4.78, 5) is 20.3. The molecule has 0 aromatic heterocycles. The van der Waals surface area contributed by atoms with Gasteiger partial charge in [0.25, 0.3) is 0 Å². The van der Waals surface area contributed by atoms with E-state index in [2.05, 4.69) is 10.5 Å². The van der Waals surface area contributed by atoms with Gasteiger partial charge >= 0.3 is 0 Å². The minimum atomic E-state index is -0.866. The van der Waals surface area contributed by atoms with E-state index in [1.807, 2.05) is 0 Å². The molecule has 6 heteroatoms. The standard InChI is InChI=1S/C9H6F2N2O2/c10-6-1-2-9(8(11)3-6)13-12-7(4-14)5-15/h1-5,13H. The van der Waals surface area contributed by atoms with Crippen molar-refractivity contribution in [3.05, 3.63) is 29.8 Å². The predicted octanol–water partition coefficient (Wildman–Crippen LogP) is 1.13. The summed E-state index contributed by atoms with van der Waals surface area (Å²) in [6.45, 7) is 0. The van der Waals surface area contributed by atoms with Crippen molar-refractivity contribution in [1.82, 2.24) is 0 Å². The van der Waals surface area contributed by atoms with Crippen LogP contribution in [0, 0.1) is 11.6 Å². The third-order valence-electron chi connectivity index (χ3n) is 1.48. The fourth-order valence-electron chi connectivity index (χ4n) is 0.785. The maximum absolute atomic E-state index is 13.0. The molecule has 0 atom stereocenters. The van der Waals surface area contributed by atoms with Crippen LogP contribution in [0.2, 0.25) is 0 Å². The normalized spacial score (nSPS) is 9.20. The minimum absolute atomic E-state index is 0.127. The highest BCUT2D eigenvalue weighted by Gasteiger charge is 2.02. The van der Waals surface area contributed by atoms with Gasteiger partial charge in [0.1, 0.15) is 5.82 Å². The predicted molar refractivity (Wildman–Crippen MR) is 49.5 cm³/mol. The summed E-state index contributed by atoms with van der Waals surface area (Å²) in [5.74, 6) is -1.59. The van der Waals surface area contributed by atoms with Crippen molar-refractivity contribution in [2.24, 2.45) is 5.10 Å². The van der Waals surface area contributed by atoms with Gasteiger partial charge < -0.3 is 0 Å². The van der Waals surface area contributed by atoms with E-state index in [4.69, 9.17) is 0 Å². The van der Waals surface area contributed by atoms with Crippen LogP contribution in [0.5, 0.6) is 0 Å². The van der Waals surface area contributed by atoms with Crippen LogP contribution in [0.25, 0.3) is 0 Å².